The van der Waals surface area contributed by atoms with Gasteiger partial charge in [0.1, 0.15) is 5.69 Å². The molecule has 35 heavy (non-hydrogen) atoms. The van der Waals surface area contributed by atoms with Gasteiger partial charge in [0.25, 0.3) is 5.91 Å². The largest absolute Gasteiger partial charge is 0.354 e. The molecule has 0 saturated carbocycles. The third kappa shape index (κ3) is 3.48. The minimum absolute atomic E-state index is 0.122. The summed E-state index contributed by atoms with van der Waals surface area (Å²) < 4.78 is 0. The molecule has 2 bridgehead atoms. The van der Waals surface area contributed by atoms with E-state index in [1.807, 2.05) is 23.1 Å². The minimum Gasteiger partial charge on any atom is -0.354 e. The highest BCUT2D eigenvalue weighted by Crippen LogP contribution is 2.54. The minimum atomic E-state index is 0.122. The van der Waals surface area contributed by atoms with Gasteiger partial charge in [-0.3, -0.25) is 4.79 Å². The number of carbonyl (C=O) groups is 1. The second kappa shape index (κ2) is 8.37. The van der Waals surface area contributed by atoms with Gasteiger partial charge < -0.3 is 14.8 Å². The van der Waals surface area contributed by atoms with Crippen molar-refractivity contribution in [1.29, 1.82) is 0 Å². The van der Waals surface area contributed by atoms with Crippen LogP contribution in [0.1, 0.15) is 64.3 Å². The maximum atomic E-state index is 13.9. The first-order chi connectivity index (χ1) is 16.9. The maximum absolute atomic E-state index is 13.9. The zero-order valence-electron chi connectivity index (χ0n) is 21.5. The Morgan fingerprint density at radius 1 is 1.11 bits per heavy atom. The van der Waals surface area contributed by atoms with E-state index in [9.17, 15) is 4.79 Å². The fourth-order valence-corrected chi connectivity index (χ4v) is 7.38. The lowest BCUT2D eigenvalue weighted by Gasteiger charge is -2.58. The fourth-order valence-electron chi connectivity index (χ4n) is 7.38. The average Bonchev–Trinajstić information content (AvgIpc) is 3.18. The molecule has 1 saturated heterocycles. The molecule has 2 aliphatic carbocycles. The number of fused-ring (bicyclic) bond motifs is 2. The standard InChI is InChI=1S/C31H37N3O/c1-20(2)34(19-22-10-6-5-7-11-22)30(35)29-21(3)24-17-26-28-16-23-12-8-9-13-25(23)31(26,14-15-33(28)4)18-27(24)32-29/h5-13,20,26,28,32H,14-19H2,1-4H3/t26-,28+,31+/m0/s1. The lowest BCUT2D eigenvalue weighted by atomic mass is 9.52. The molecule has 3 aromatic rings. The highest BCUT2D eigenvalue weighted by molar-refractivity contribution is 5.94. The van der Waals surface area contributed by atoms with Crippen LogP contribution < -0.4 is 0 Å². The topological polar surface area (TPSA) is 39.3 Å². The van der Waals surface area contributed by atoms with Gasteiger partial charge in [-0.1, -0.05) is 54.6 Å². The highest BCUT2D eigenvalue weighted by Gasteiger charge is 2.55. The number of likely N-dealkylation sites (tertiary alicyclic amines) is 1. The van der Waals surface area contributed by atoms with Crippen molar-refractivity contribution in [2.24, 2.45) is 5.92 Å². The van der Waals surface area contributed by atoms with E-state index in [0.717, 1.165) is 37.1 Å². The smallest absolute Gasteiger partial charge is 0.271 e. The number of amides is 1. The van der Waals surface area contributed by atoms with Crippen LogP contribution in [-0.4, -0.2) is 46.4 Å². The van der Waals surface area contributed by atoms with Crippen LogP contribution in [-0.2, 0) is 31.2 Å². The molecule has 1 aliphatic heterocycles. The van der Waals surface area contributed by atoms with Crippen molar-refractivity contribution in [2.75, 3.05) is 13.6 Å². The molecule has 0 spiro atoms. The van der Waals surface area contributed by atoms with Gasteiger partial charge in [0.2, 0.25) is 0 Å². The number of aromatic nitrogens is 1. The summed E-state index contributed by atoms with van der Waals surface area (Å²) in [7, 11) is 2.31. The van der Waals surface area contributed by atoms with Gasteiger partial charge >= 0.3 is 0 Å². The van der Waals surface area contributed by atoms with Gasteiger partial charge in [-0.15, -0.1) is 0 Å². The molecule has 1 N–H and O–H groups in total. The van der Waals surface area contributed by atoms with Crippen molar-refractivity contribution in [3.8, 4) is 0 Å². The van der Waals surface area contributed by atoms with Crippen LogP contribution in [0, 0.1) is 12.8 Å². The molecule has 1 fully saturated rings. The SMILES string of the molecule is Cc1c(C(=O)N(Cc2ccccc2)C(C)C)[nH]c2c1C[C@H]1[C@H]3Cc4ccccc4[C@@]1(CCN3C)C2. The Morgan fingerprint density at radius 2 is 1.86 bits per heavy atom. The number of benzene rings is 2. The van der Waals surface area contributed by atoms with E-state index in [2.05, 4.69) is 74.1 Å². The molecule has 1 aromatic heterocycles. The molecule has 4 nitrogen and oxygen atoms in total. The van der Waals surface area contributed by atoms with E-state index in [1.165, 1.54) is 28.8 Å². The summed E-state index contributed by atoms with van der Waals surface area (Å²) >= 11 is 0. The summed E-state index contributed by atoms with van der Waals surface area (Å²) in [6.07, 6.45) is 4.41. The predicted octanol–water partition coefficient (Wildman–Crippen LogP) is 5.29. The molecular weight excluding hydrogens is 430 g/mol. The van der Waals surface area contributed by atoms with E-state index in [-0.39, 0.29) is 17.4 Å². The van der Waals surface area contributed by atoms with Crippen molar-refractivity contribution < 1.29 is 4.79 Å². The van der Waals surface area contributed by atoms with Crippen LogP contribution in [0.25, 0.3) is 0 Å². The Bertz CT molecular complexity index is 1260. The summed E-state index contributed by atoms with van der Waals surface area (Å²) in [4.78, 5) is 22.2. The number of nitrogens with one attached hydrogen (secondary N) is 1. The summed E-state index contributed by atoms with van der Waals surface area (Å²) in [5, 5.41) is 0. The normalized spacial score (nSPS) is 25.1. The zero-order valence-corrected chi connectivity index (χ0v) is 21.5. The number of H-pyrrole nitrogens is 1. The monoisotopic (exact) mass is 467 g/mol. The number of carbonyl (C=O) groups excluding carboxylic acids is 1. The van der Waals surface area contributed by atoms with Crippen molar-refractivity contribution >= 4 is 5.91 Å². The molecular formula is C31H37N3O. The number of nitrogens with zero attached hydrogens (tertiary/aromatic N) is 2. The van der Waals surface area contributed by atoms with Crippen LogP contribution >= 0.6 is 0 Å². The Kier molecular flexibility index (Phi) is 5.41. The number of aromatic amines is 1. The molecule has 6 rings (SSSR count). The van der Waals surface area contributed by atoms with Crippen molar-refractivity contribution in [3.05, 3.63) is 93.8 Å². The summed E-state index contributed by atoms with van der Waals surface area (Å²) in [6.45, 7) is 8.17. The second-order valence-electron chi connectivity index (χ2n) is 11.4. The quantitative estimate of drug-likeness (QED) is 0.567. The first kappa shape index (κ1) is 22.6. The summed E-state index contributed by atoms with van der Waals surface area (Å²) in [6, 6.07) is 20.2. The number of piperidine rings is 1. The van der Waals surface area contributed by atoms with Crippen LogP contribution in [0.5, 0.6) is 0 Å². The first-order valence-corrected chi connectivity index (χ1v) is 13.2. The molecule has 1 amide bonds. The van der Waals surface area contributed by atoms with E-state index < -0.39 is 0 Å². The lowest BCUT2D eigenvalue weighted by molar-refractivity contribution is 0.0238. The molecule has 0 radical (unpaired) electrons. The highest BCUT2D eigenvalue weighted by atomic mass is 16.2. The van der Waals surface area contributed by atoms with Crippen LogP contribution in [0.15, 0.2) is 54.6 Å². The third-order valence-electron chi connectivity index (χ3n) is 9.31. The van der Waals surface area contributed by atoms with Crippen molar-refractivity contribution in [2.45, 2.75) is 70.5 Å². The van der Waals surface area contributed by atoms with Crippen molar-refractivity contribution in [3.63, 3.8) is 0 Å². The van der Waals surface area contributed by atoms with Crippen molar-refractivity contribution in [1.82, 2.24) is 14.8 Å². The first-order valence-electron chi connectivity index (χ1n) is 13.2. The Balaban J connectivity index is 1.38. The molecule has 3 atom stereocenters. The number of rotatable bonds is 4. The lowest BCUT2D eigenvalue weighted by Crippen LogP contribution is -2.61. The van der Waals surface area contributed by atoms with Gasteiger partial charge in [-0.25, -0.2) is 0 Å². The van der Waals surface area contributed by atoms with Gasteiger partial charge in [-0.05, 0) is 93.8 Å². The Morgan fingerprint density at radius 3 is 2.63 bits per heavy atom. The van der Waals surface area contributed by atoms with Gasteiger partial charge in [-0.2, -0.15) is 0 Å². The van der Waals surface area contributed by atoms with Crippen LogP contribution in [0.3, 0.4) is 0 Å². The number of likely N-dealkylation sites (N-methyl/N-ethyl adjacent to an activating group) is 1. The molecule has 3 aliphatic rings. The Labute approximate surface area is 209 Å². The van der Waals surface area contributed by atoms with E-state index in [1.54, 1.807) is 5.56 Å². The summed E-state index contributed by atoms with van der Waals surface area (Å²) in [5.74, 6) is 0.725. The van der Waals surface area contributed by atoms with Crippen LogP contribution in [0.4, 0.5) is 0 Å². The molecule has 182 valence electrons. The summed E-state index contributed by atoms with van der Waals surface area (Å²) in [5.41, 5.74) is 9.09. The number of hydrogen-bond acceptors (Lipinski definition) is 2. The fraction of sp³-hybridized carbons (Fsp3) is 0.452. The molecule has 0 unspecified atom stereocenters. The average molecular weight is 468 g/mol. The zero-order chi connectivity index (χ0) is 24.3. The third-order valence-corrected chi connectivity index (χ3v) is 9.31. The van der Waals surface area contributed by atoms with E-state index >= 15 is 0 Å². The maximum Gasteiger partial charge on any atom is 0.271 e. The predicted molar refractivity (Wildman–Crippen MR) is 141 cm³/mol. The van der Waals surface area contributed by atoms with Gasteiger partial charge in [0.05, 0.1) is 0 Å². The van der Waals surface area contributed by atoms with E-state index in [4.69, 9.17) is 0 Å². The van der Waals surface area contributed by atoms with E-state index in [0.29, 0.717) is 18.5 Å². The number of hydrogen-bond donors (Lipinski definition) is 1. The van der Waals surface area contributed by atoms with Gasteiger partial charge in [0.15, 0.2) is 0 Å². The van der Waals surface area contributed by atoms with Gasteiger partial charge in [0, 0.05) is 29.7 Å². The molecule has 2 heterocycles. The molecule has 4 heteroatoms. The molecule has 2 aromatic carbocycles. The Hall–Kier alpha value is -2.85. The second-order valence-corrected chi connectivity index (χ2v) is 11.4. The van der Waals surface area contributed by atoms with Crippen LogP contribution in [0.2, 0.25) is 0 Å².